The van der Waals surface area contributed by atoms with E-state index in [4.69, 9.17) is 9.72 Å². The highest BCUT2D eigenvalue weighted by atomic mass is 16.5. The average Bonchev–Trinajstić information content (AvgIpc) is 3.54. The van der Waals surface area contributed by atoms with Gasteiger partial charge < -0.3 is 4.74 Å². The maximum absolute atomic E-state index is 5.53. The zero-order valence-electron chi connectivity index (χ0n) is 17.2. The largest absolute Gasteiger partial charge is 0.494 e. The Morgan fingerprint density at radius 2 is 1.84 bits per heavy atom. The number of aryl methyl sites for hydroxylation is 2. The molecule has 0 atom stereocenters. The molecule has 0 N–H and O–H groups in total. The summed E-state index contributed by atoms with van der Waals surface area (Å²) in [6, 6.07) is 9.81. The molecule has 0 radical (unpaired) electrons. The van der Waals surface area contributed by atoms with E-state index < -0.39 is 0 Å². The van der Waals surface area contributed by atoms with Crippen LogP contribution in [-0.4, -0.2) is 45.7 Å². The number of fused-ring (bicyclic) bond motifs is 1. The van der Waals surface area contributed by atoms with Gasteiger partial charge >= 0.3 is 0 Å². The quantitative estimate of drug-likeness (QED) is 0.388. The number of imidazole rings is 1. The fourth-order valence-corrected chi connectivity index (χ4v) is 3.43. The van der Waals surface area contributed by atoms with Crippen LogP contribution in [0.3, 0.4) is 0 Å². The minimum absolute atomic E-state index is 0.603. The van der Waals surface area contributed by atoms with Crippen molar-refractivity contribution in [3.05, 3.63) is 79.0 Å². The standard InChI is InChI=1S/C22H22N8O/c1-2-31-19-6-4-18(5-7-19)30-16-24-20-14-23-21(27-22(20)30)12-17-13-26-29(15-17)11-10-28-9-3-8-25-28/h3-9,13-16H,2,10-12H2,1H3. The minimum Gasteiger partial charge on any atom is -0.494 e. The molecule has 156 valence electrons. The van der Waals surface area contributed by atoms with Crippen molar-refractivity contribution in [3.63, 3.8) is 0 Å². The van der Waals surface area contributed by atoms with Crippen molar-refractivity contribution in [2.24, 2.45) is 0 Å². The van der Waals surface area contributed by atoms with E-state index in [0.29, 0.717) is 13.0 Å². The van der Waals surface area contributed by atoms with E-state index >= 15 is 0 Å². The zero-order chi connectivity index (χ0) is 21.0. The summed E-state index contributed by atoms with van der Waals surface area (Å²) < 4.78 is 11.3. The lowest BCUT2D eigenvalue weighted by Gasteiger charge is -2.07. The van der Waals surface area contributed by atoms with Gasteiger partial charge in [-0.3, -0.25) is 13.9 Å². The maximum Gasteiger partial charge on any atom is 0.168 e. The van der Waals surface area contributed by atoms with E-state index in [-0.39, 0.29) is 0 Å². The Hall–Kier alpha value is -4.01. The summed E-state index contributed by atoms with van der Waals surface area (Å²) >= 11 is 0. The molecule has 0 spiro atoms. The van der Waals surface area contributed by atoms with Crippen LogP contribution < -0.4 is 4.74 Å². The Morgan fingerprint density at radius 1 is 0.968 bits per heavy atom. The fraction of sp³-hybridized carbons (Fsp3) is 0.227. The van der Waals surface area contributed by atoms with E-state index in [1.807, 2.05) is 69.8 Å². The number of aromatic nitrogens is 8. The van der Waals surface area contributed by atoms with Crippen LogP contribution in [-0.2, 0) is 19.5 Å². The summed E-state index contributed by atoms with van der Waals surface area (Å²) in [5.74, 6) is 1.57. The summed E-state index contributed by atoms with van der Waals surface area (Å²) in [5.41, 5.74) is 3.57. The second-order valence-electron chi connectivity index (χ2n) is 7.09. The van der Waals surface area contributed by atoms with Crippen LogP contribution in [0.4, 0.5) is 0 Å². The van der Waals surface area contributed by atoms with Gasteiger partial charge in [0.25, 0.3) is 0 Å². The molecule has 0 amide bonds. The predicted molar refractivity (Wildman–Crippen MR) is 115 cm³/mol. The maximum atomic E-state index is 5.53. The van der Waals surface area contributed by atoms with Crippen molar-refractivity contribution in [1.82, 2.24) is 39.1 Å². The third-order valence-corrected chi connectivity index (χ3v) is 4.93. The van der Waals surface area contributed by atoms with Crippen molar-refractivity contribution in [2.75, 3.05) is 6.61 Å². The first-order chi connectivity index (χ1) is 15.3. The Kier molecular flexibility index (Phi) is 5.14. The number of benzene rings is 1. The monoisotopic (exact) mass is 414 g/mol. The summed E-state index contributed by atoms with van der Waals surface area (Å²) in [7, 11) is 0. The van der Waals surface area contributed by atoms with Crippen LogP contribution in [0.25, 0.3) is 16.9 Å². The van der Waals surface area contributed by atoms with E-state index in [1.54, 1.807) is 18.7 Å². The van der Waals surface area contributed by atoms with Gasteiger partial charge in [0.15, 0.2) is 5.65 Å². The minimum atomic E-state index is 0.603. The molecule has 9 nitrogen and oxygen atoms in total. The van der Waals surface area contributed by atoms with Gasteiger partial charge in [0.05, 0.1) is 32.1 Å². The van der Waals surface area contributed by atoms with Gasteiger partial charge in [-0.15, -0.1) is 0 Å². The Balaban J connectivity index is 1.33. The molecule has 31 heavy (non-hydrogen) atoms. The Labute approximate surface area is 179 Å². The molecule has 4 aromatic heterocycles. The molecule has 5 rings (SSSR count). The normalized spacial score (nSPS) is 11.3. The van der Waals surface area contributed by atoms with E-state index in [2.05, 4.69) is 20.2 Å². The van der Waals surface area contributed by atoms with E-state index in [1.165, 1.54) is 0 Å². The molecule has 0 aliphatic rings. The number of ether oxygens (including phenoxy) is 1. The van der Waals surface area contributed by atoms with Gasteiger partial charge in [-0.25, -0.2) is 15.0 Å². The highest BCUT2D eigenvalue weighted by molar-refractivity contribution is 5.72. The van der Waals surface area contributed by atoms with Crippen molar-refractivity contribution < 1.29 is 4.74 Å². The number of hydrogen-bond donors (Lipinski definition) is 0. The van der Waals surface area contributed by atoms with Gasteiger partial charge in [-0.1, -0.05) is 0 Å². The van der Waals surface area contributed by atoms with Crippen LogP contribution in [0.5, 0.6) is 5.75 Å². The lowest BCUT2D eigenvalue weighted by Crippen LogP contribution is -2.07. The average molecular weight is 414 g/mol. The molecule has 5 aromatic rings. The topological polar surface area (TPSA) is 88.5 Å². The summed E-state index contributed by atoms with van der Waals surface area (Å²) in [6.45, 7) is 4.15. The molecule has 0 saturated heterocycles. The first-order valence-electron chi connectivity index (χ1n) is 10.2. The second-order valence-corrected chi connectivity index (χ2v) is 7.09. The van der Waals surface area contributed by atoms with Gasteiger partial charge in [0, 0.05) is 30.7 Å². The molecule has 0 bridgehead atoms. The van der Waals surface area contributed by atoms with Crippen molar-refractivity contribution in [3.8, 4) is 11.4 Å². The van der Waals surface area contributed by atoms with Crippen molar-refractivity contribution in [1.29, 1.82) is 0 Å². The fourth-order valence-electron chi connectivity index (χ4n) is 3.43. The van der Waals surface area contributed by atoms with Gasteiger partial charge in [-0.05, 0) is 42.8 Å². The molecule has 9 heteroatoms. The van der Waals surface area contributed by atoms with Gasteiger partial charge in [-0.2, -0.15) is 10.2 Å². The summed E-state index contributed by atoms with van der Waals surface area (Å²) in [5, 5.41) is 8.66. The number of rotatable bonds is 8. The Morgan fingerprint density at radius 3 is 2.65 bits per heavy atom. The van der Waals surface area contributed by atoms with Gasteiger partial charge in [0.2, 0.25) is 0 Å². The third-order valence-electron chi connectivity index (χ3n) is 4.93. The molecule has 0 aliphatic heterocycles. The van der Waals surface area contributed by atoms with Crippen LogP contribution in [0.15, 0.2) is 67.6 Å². The van der Waals surface area contributed by atoms with Gasteiger partial charge in [0.1, 0.15) is 23.4 Å². The Bertz CT molecular complexity index is 1270. The SMILES string of the molecule is CCOc1ccc(-n2cnc3cnc(Cc4cnn(CCn5cccn5)c4)nc32)cc1. The van der Waals surface area contributed by atoms with E-state index in [0.717, 1.165) is 47.1 Å². The molecule has 0 saturated carbocycles. The second kappa shape index (κ2) is 8.39. The van der Waals surface area contributed by atoms with Crippen LogP contribution in [0.1, 0.15) is 18.3 Å². The number of nitrogens with zero attached hydrogens (tertiary/aromatic N) is 8. The first kappa shape index (κ1) is 19.0. The first-order valence-corrected chi connectivity index (χ1v) is 10.2. The molecule has 0 fully saturated rings. The summed E-state index contributed by atoms with van der Waals surface area (Å²) in [6.07, 6.45) is 11.8. The lowest BCUT2D eigenvalue weighted by atomic mass is 10.2. The highest BCUT2D eigenvalue weighted by Gasteiger charge is 2.10. The molecule has 1 aromatic carbocycles. The van der Waals surface area contributed by atoms with Crippen LogP contribution >= 0.6 is 0 Å². The molecular formula is C22H22N8O. The molecule has 4 heterocycles. The van der Waals surface area contributed by atoms with E-state index in [9.17, 15) is 0 Å². The molecule has 0 unspecified atom stereocenters. The zero-order valence-corrected chi connectivity index (χ0v) is 17.2. The van der Waals surface area contributed by atoms with Crippen LogP contribution in [0, 0.1) is 0 Å². The molecule has 0 aliphatic carbocycles. The number of hydrogen-bond acceptors (Lipinski definition) is 6. The van der Waals surface area contributed by atoms with Crippen molar-refractivity contribution in [2.45, 2.75) is 26.4 Å². The highest BCUT2D eigenvalue weighted by Crippen LogP contribution is 2.20. The predicted octanol–water partition coefficient (Wildman–Crippen LogP) is 2.90. The van der Waals surface area contributed by atoms with Crippen molar-refractivity contribution >= 4 is 11.2 Å². The third kappa shape index (κ3) is 4.16. The molecular weight excluding hydrogens is 392 g/mol. The summed E-state index contributed by atoms with van der Waals surface area (Å²) in [4.78, 5) is 13.7. The van der Waals surface area contributed by atoms with Crippen LogP contribution in [0.2, 0.25) is 0 Å². The smallest absolute Gasteiger partial charge is 0.168 e. The lowest BCUT2D eigenvalue weighted by molar-refractivity contribution is 0.340.